The van der Waals surface area contributed by atoms with Crippen molar-refractivity contribution in [3.05, 3.63) is 11.8 Å². The van der Waals surface area contributed by atoms with Gasteiger partial charge in [-0.05, 0) is 12.3 Å². The average Bonchev–Trinajstić information content (AvgIpc) is 2.32. The fourth-order valence-corrected chi connectivity index (χ4v) is 1.71. The van der Waals surface area contributed by atoms with Crippen LogP contribution in [0.2, 0.25) is 0 Å². The van der Waals surface area contributed by atoms with E-state index in [0.29, 0.717) is 11.8 Å². The fourth-order valence-electron chi connectivity index (χ4n) is 1.71. The Hall–Kier alpha value is -0.990. The zero-order valence-electron chi connectivity index (χ0n) is 8.91. The van der Waals surface area contributed by atoms with Gasteiger partial charge in [0.25, 0.3) is 0 Å². The van der Waals surface area contributed by atoms with Crippen LogP contribution >= 0.6 is 0 Å². The third-order valence-corrected chi connectivity index (χ3v) is 2.56. The van der Waals surface area contributed by atoms with Crippen LogP contribution in [0.5, 0.6) is 0 Å². The summed E-state index contributed by atoms with van der Waals surface area (Å²) in [7, 11) is 1.88. The van der Waals surface area contributed by atoms with E-state index in [1.165, 1.54) is 0 Å². The number of hydrogen-bond donors (Lipinski definition) is 1. The molecule has 1 rings (SSSR count). The quantitative estimate of drug-likeness (QED) is 0.776. The predicted molar refractivity (Wildman–Crippen MR) is 55.5 cm³/mol. The number of rotatable bonds is 3. The van der Waals surface area contributed by atoms with Crippen LogP contribution in [0.25, 0.3) is 0 Å². The van der Waals surface area contributed by atoms with Crippen LogP contribution in [0.4, 0.5) is 5.82 Å². The molecule has 0 aliphatic carbocycles. The second kappa shape index (κ2) is 3.81. The van der Waals surface area contributed by atoms with Gasteiger partial charge in [0.2, 0.25) is 0 Å². The van der Waals surface area contributed by atoms with E-state index in [0.717, 1.165) is 17.9 Å². The fraction of sp³-hybridized carbons (Fsp3) is 0.700. The summed E-state index contributed by atoms with van der Waals surface area (Å²) in [4.78, 5) is 0. The number of aromatic nitrogens is 2. The Labute approximate surface area is 79.9 Å². The highest BCUT2D eigenvalue weighted by Crippen LogP contribution is 2.27. The van der Waals surface area contributed by atoms with Crippen molar-refractivity contribution < 1.29 is 0 Å². The molecule has 74 valence electrons. The van der Waals surface area contributed by atoms with Crippen LogP contribution < -0.4 is 5.73 Å². The Bertz CT molecular complexity index is 256. The molecule has 0 aromatic carbocycles. The maximum absolute atomic E-state index is 5.73. The van der Waals surface area contributed by atoms with E-state index in [9.17, 15) is 0 Å². The first kappa shape index (κ1) is 10.1. The van der Waals surface area contributed by atoms with Gasteiger partial charge in [-0.3, -0.25) is 4.68 Å². The molecule has 1 atom stereocenters. The highest BCUT2D eigenvalue weighted by molar-refractivity contribution is 5.32. The summed E-state index contributed by atoms with van der Waals surface area (Å²) in [6.45, 7) is 6.63. The van der Waals surface area contributed by atoms with Crippen molar-refractivity contribution in [2.45, 2.75) is 33.1 Å². The molecule has 0 amide bonds. The molecule has 3 nitrogen and oxygen atoms in total. The Morgan fingerprint density at radius 2 is 2.15 bits per heavy atom. The summed E-state index contributed by atoms with van der Waals surface area (Å²) in [6, 6.07) is 1.98. The average molecular weight is 181 g/mol. The minimum Gasteiger partial charge on any atom is -0.384 e. The minimum atomic E-state index is 0.531. The summed E-state index contributed by atoms with van der Waals surface area (Å²) in [5.41, 5.74) is 6.86. The first-order valence-corrected chi connectivity index (χ1v) is 4.85. The van der Waals surface area contributed by atoms with Gasteiger partial charge in [0.05, 0.1) is 5.69 Å². The number of nitrogens with zero attached hydrogens (tertiary/aromatic N) is 2. The summed E-state index contributed by atoms with van der Waals surface area (Å²) in [5.74, 6) is 1.90. The Balaban J connectivity index is 2.92. The van der Waals surface area contributed by atoms with Gasteiger partial charge in [0.15, 0.2) is 0 Å². The second-order valence-electron chi connectivity index (χ2n) is 3.88. The van der Waals surface area contributed by atoms with E-state index in [-0.39, 0.29) is 0 Å². The van der Waals surface area contributed by atoms with Crippen LogP contribution in [0.1, 0.15) is 38.8 Å². The Morgan fingerprint density at radius 1 is 1.54 bits per heavy atom. The number of anilines is 1. The van der Waals surface area contributed by atoms with E-state index >= 15 is 0 Å². The van der Waals surface area contributed by atoms with Gasteiger partial charge >= 0.3 is 0 Å². The van der Waals surface area contributed by atoms with E-state index in [1.807, 2.05) is 13.1 Å². The number of nitrogen functional groups attached to an aromatic ring is 1. The molecule has 0 aliphatic heterocycles. The maximum atomic E-state index is 5.73. The van der Waals surface area contributed by atoms with E-state index in [4.69, 9.17) is 5.73 Å². The van der Waals surface area contributed by atoms with Crippen molar-refractivity contribution in [1.29, 1.82) is 0 Å². The van der Waals surface area contributed by atoms with Crippen LogP contribution in [0.3, 0.4) is 0 Å². The van der Waals surface area contributed by atoms with Crippen LogP contribution in [-0.4, -0.2) is 9.78 Å². The summed E-state index contributed by atoms with van der Waals surface area (Å²) >= 11 is 0. The SMILES string of the molecule is CCC(c1cc(N)n(C)n1)C(C)C. The summed E-state index contributed by atoms with van der Waals surface area (Å²) < 4.78 is 1.74. The van der Waals surface area contributed by atoms with Crippen molar-refractivity contribution in [3.63, 3.8) is 0 Å². The van der Waals surface area contributed by atoms with Crippen molar-refractivity contribution in [3.8, 4) is 0 Å². The minimum absolute atomic E-state index is 0.531. The van der Waals surface area contributed by atoms with Gasteiger partial charge in [0.1, 0.15) is 5.82 Å². The predicted octanol–water partition coefficient (Wildman–Crippen LogP) is 2.15. The lowest BCUT2D eigenvalue weighted by molar-refractivity contribution is 0.470. The molecule has 3 heteroatoms. The maximum Gasteiger partial charge on any atom is 0.121 e. The summed E-state index contributed by atoms with van der Waals surface area (Å²) in [6.07, 6.45) is 1.12. The molecule has 1 heterocycles. The second-order valence-corrected chi connectivity index (χ2v) is 3.88. The van der Waals surface area contributed by atoms with Crippen LogP contribution in [-0.2, 0) is 7.05 Å². The molecule has 13 heavy (non-hydrogen) atoms. The first-order valence-electron chi connectivity index (χ1n) is 4.85. The molecule has 1 aromatic heterocycles. The van der Waals surface area contributed by atoms with E-state index < -0.39 is 0 Å². The van der Waals surface area contributed by atoms with Gasteiger partial charge in [-0.25, -0.2) is 0 Å². The zero-order chi connectivity index (χ0) is 10.0. The standard InChI is InChI=1S/C10H19N3/c1-5-8(7(2)3)9-6-10(11)13(4)12-9/h6-8H,5,11H2,1-4H3. The Kier molecular flexibility index (Phi) is 2.96. The van der Waals surface area contributed by atoms with Crippen LogP contribution in [0, 0.1) is 5.92 Å². The van der Waals surface area contributed by atoms with Crippen molar-refractivity contribution >= 4 is 5.82 Å². The van der Waals surface area contributed by atoms with E-state index in [1.54, 1.807) is 4.68 Å². The molecule has 0 spiro atoms. The van der Waals surface area contributed by atoms with Gasteiger partial charge in [-0.1, -0.05) is 20.8 Å². The van der Waals surface area contributed by atoms with Gasteiger partial charge in [-0.15, -0.1) is 0 Å². The van der Waals surface area contributed by atoms with Crippen LogP contribution in [0.15, 0.2) is 6.07 Å². The normalized spacial score (nSPS) is 13.6. The van der Waals surface area contributed by atoms with Crippen molar-refractivity contribution in [2.75, 3.05) is 5.73 Å². The van der Waals surface area contributed by atoms with Gasteiger partial charge in [-0.2, -0.15) is 5.10 Å². The third kappa shape index (κ3) is 2.02. The zero-order valence-corrected chi connectivity index (χ0v) is 8.91. The summed E-state index contributed by atoms with van der Waals surface area (Å²) in [5, 5.41) is 4.39. The first-order chi connectivity index (χ1) is 6.06. The smallest absolute Gasteiger partial charge is 0.121 e. The number of aryl methyl sites for hydroxylation is 1. The molecule has 0 saturated heterocycles. The molecule has 2 N–H and O–H groups in total. The molecule has 0 bridgehead atoms. The van der Waals surface area contributed by atoms with Crippen molar-refractivity contribution in [1.82, 2.24) is 9.78 Å². The van der Waals surface area contributed by atoms with Gasteiger partial charge < -0.3 is 5.73 Å². The molecular formula is C10H19N3. The molecule has 0 fully saturated rings. The molecule has 1 unspecified atom stereocenters. The highest BCUT2D eigenvalue weighted by Gasteiger charge is 2.17. The van der Waals surface area contributed by atoms with E-state index in [2.05, 4.69) is 25.9 Å². The lowest BCUT2D eigenvalue weighted by atomic mass is 9.90. The molecule has 1 aromatic rings. The lowest BCUT2D eigenvalue weighted by Gasteiger charge is -2.15. The molecule has 0 radical (unpaired) electrons. The molecule has 0 aliphatic rings. The number of hydrogen-bond acceptors (Lipinski definition) is 2. The highest BCUT2D eigenvalue weighted by atomic mass is 15.3. The largest absolute Gasteiger partial charge is 0.384 e. The lowest BCUT2D eigenvalue weighted by Crippen LogP contribution is -2.06. The third-order valence-electron chi connectivity index (χ3n) is 2.56. The Morgan fingerprint density at radius 3 is 2.46 bits per heavy atom. The monoisotopic (exact) mass is 181 g/mol. The number of nitrogens with two attached hydrogens (primary N) is 1. The van der Waals surface area contributed by atoms with Gasteiger partial charge in [0, 0.05) is 19.0 Å². The molecule has 0 saturated carbocycles. The molecular weight excluding hydrogens is 162 g/mol. The van der Waals surface area contributed by atoms with Crippen molar-refractivity contribution in [2.24, 2.45) is 13.0 Å². The topological polar surface area (TPSA) is 43.8 Å².